The molecule has 0 radical (unpaired) electrons. The van der Waals surface area contributed by atoms with E-state index >= 15 is 0 Å². The number of benzene rings is 3. The van der Waals surface area contributed by atoms with Crippen molar-refractivity contribution in [1.29, 1.82) is 0 Å². The molecule has 142 valence electrons. The van der Waals surface area contributed by atoms with Gasteiger partial charge in [-0.3, -0.25) is 0 Å². The predicted octanol–water partition coefficient (Wildman–Crippen LogP) is 5.54. The van der Waals surface area contributed by atoms with Gasteiger partial charge in [-0.05, 0) is 70.5 Å². The van der Waals surface area contributed by atoms with E-state index in [0.717, 1.165) is 46.2 Å². The molecule has 3 aromatic carbocycles. The molecule has 2 N–H and O–H groups in total. The van der Waals surface area contributed by atoms with Gasteiger partial charge in [0.15, 0.2) is 0 Å². The second kappa shape index (κ2) is 8.09. The molecular formula is C24H22O4. The van der Waals surface area contributed by atoms with Crippen molar-refractivity contribution in [1.82, 2.24) is 0 Å². The molecule has 0 saturated heterocycles. The molecule has 0 aliphatic carbocycles. The lowest BCUT2D eigenvalue weighted by atomic mass is 9.88. The summed E-state index contributed by atoms with van der Waals surface area (Å²) in [5, 5.41) is 18.2. The fraction of sp³-hybridized carbons (Fsp3) is 0.167. The van der Waals surface area contributed by atoms with Gasteiger partial charge in [0.1, 0.15) is 0 Å². The van der Waals surface area contributed by atoms with E-state index in [2.05, 4.69) is 26.0 Å². The first-order chi connectivity index (χ1) is 13.4. The number of aryl methyl sites for hydroxylation is 2. The molecule has 28 heavy (non-hydrogen) atoms. The third kappa shape index (κ3) is 3.81. The average molecular weight is 374 g/mol. The summed E-state index contributed by atoms with van der Waals surface area (Å²) >= 11 is 0. The van der Waals surface area contributed by atoms with Crippen LogP contribution in [0.15, 0.2) is 60.7 Å². The molecule has 3 rings (SSSR count). The second-order valence-electron chi connectivity index (χ2n) is 6.64. The van der Waals surface area contributed by atoms with Crippen LogP contribution in [0.4, 0.5) is 0 Å². The second-order valence-corrected chi connectivity index (χ2v) is 6.64. The lowest BCUT2D eigenvalue weighted by molar-refractivity contribution is 0.0686. The smallest absolute Gasteiger partial charge is 0.335 e. The standard InChI is InChI=1S/C24H22O4/c1-3-15-13-22(18-7-11-20(12-8-18)24(27)28)16(4-2)14-21(15)17-5-9-19(10-6-17)23(25)26/h5-14H,3-4H2,1-2H3,(H,25,26)(H,27,28). The van der Waals surface area contributed by atoms with Gasteiger partial charge >= 0.3 is 11.9 Å². The van der Waals surface area contributed by atoms with Crippen molar-refractivity contribution >= 4 is 11.9 Å². The van der Waals surface area contributed by atoms with Crippen molar-refractivity contribution in [3.05, 3.63) is 82.9 Å². The van der Waals surface area contributed by atoms with Crippen LogP contribution in [0, 0.1) is 0 Å². The Bertz CT molecular complexity index is 930. The molecule has 3 aromatic rings. The number of aromatic carboxylic acids is 2. The maximum atomic E-state index is 11.1. The monoisotopic (exact) mass is 374 g/mol. The first kappa shape index (κ1) is 19.4. The Morgan fingerprint density at radius 2 is 0.964 bits per heavy atom. The van der Waals surface area contributed by atoms with Gasteiger partial charge in [0, 0.05) is 0 Å². The fourth-order valence-corrected chi connectivity index (χ4v) is 3.40. The Morgan fingerprint density at radius 3 is 1.21 bits per heavy atom. The van der Waals surface area contributed by atoms with E-state index in [0.29, 0.717) is 0 Å². The van der Waals surface area contributed by atoms with Crippen molar-refractivity contribution in [2.45, 2.75) is 26.7 Å². The fourth-order valence-electron chi connectivity index (χ4n) is 3.40. The summed E-state index contributed by atoms with van der Waals surface area (Å²) in [6.45, 7) is 4.18. The van der Waals surface area contributed by atoms with Crippen molar-refractivity contribution < 1.29 is 19.8 Å². The third-order valence-corrected chi connectivity index (χ3v) is 4.98. The molecule has 0 saturated carbocycles. The number of rotatable bonds is 6. The van der Waals surface area contributed by atoms with Gasteiger partial charge in [-0.1, -0.05) is 50.2 Å². The Morgan fingerprint density at radius 1 is 0.643 bits per heavy atom. The van der Waals surface area contributed by atoms with Gasteiger partial charge in [-0.25, -0.2) is 9.59 Å². The van der Waals surface area contributed by atoms with E-state index in [9.17, 15) is 9.59 Å². The summed E-state index contributed by atoms with van der Waals surface area (Å²) < 4.78 is 0. The summed E-state index contributed by atoms with van der Waals surface area (Å²) in [7, 11) is 0. The average Bonchev–Trinajstić information content (AvgIpc) is 2.72. The van der Waals surface area contributed by atoms with E-state index < -0.39 is 11.9 Å². The van der Waals surface area contributed by atoms with E-state index in [1.165, 1.54) is 0 Å². The molecular weight excluding hydrogens is 352 g/mol. The van der Waals surface area contributed by atoms with Crippen molar-refractivity contribution in [3.63, 3.8) is 0 Å². The largest absolute Gasteiger partial charge is 0.478 e. The molecule has 0 heterocycles. The summed E-state index contributed by atoms with van der Waals surface area (Å²) in [4.78, 5) is 22.2. The lowest BCUT2D eigenvalue weighted by Gasteiger charge is -2.16. The van der Waals surface area contributed by atoms with E-state index in [4.69, 9.17) is 10.2 Å². The van der Waals surface area contributed by atoms with Crippen LogP contribution in [-0.4, -0.2) is 22.2 Å². The van der Waals surface area contributed by atoms with Crippen LogP contribution < -0.4 is 0 Å². The highest BCUT2D eigenvalue weighted by Crippen LogP contribution is 2.33. The molecule has 0 spiro atoms. The zero-order valence-electron chi connectivity index (χ0n) is 15.9. The molecule has 0 aromatic heterocycles. The summed E-state index contributed by atoms with van der Waals surface area (Å²) in [6, 6.07) is 18.2. The summed E-state index contributed by atoms with van der Waals surface area (Å²) in [6.07, 6.45) is 1.67. The van der Waals surface area contributed by atoms with Crippen molar-refractivity contribution in [2.24, 2.45) is 0 Å². The highest BCUT2D eigenvalue weighted by Gasteiger charge is 2.13. The summed E-state index contributed by atoms with van der Waals surface area (Å²) in [5.41, 5.74) is 7.05. The van der Waals surface area contributed by atoms with Crippen molar-refractivity contribution in [2.75, 3.05) is 0 Å². The molecule has 0 amide bonds. The van der Waals surface area contributed by atoms with E-state index in [1.807, 2.05) is 24.3 Å². The van der Waals surface area contributed by atoms with Gasteiger partial charge in [-0.2, -0.15) is 0 Å². The molecule has 0 aliphatic heterocycles. The Kier molecular flexibility index (Phi) is 5.59. The number of hydrogen-bond acceptors (Lipinski definition) is 2. The van der Waals surface area contributed by atoms with Gasteiger partial charge in [0.05, 0.1) is 11.1 Å². The van der Waals surface area contributed by atoms with Gasteiger partial charge in [0.25, 0.3) is 0 Å². The molecule has 0 unspecified atom stereocenters. The number of carbonyl (C=O) groups is 2. The van der Waals surface area contributed by atoms with Gasteiger partial charge in [0.2, 0.25) is 0 Å². The van der Waals surface area contributed by atoms with Crippen LogP contribution in [-0.2, 0) is 12.8 Å². The first-order valence-corrected chi connectivity index (χ1v) is 9.27. The van der Waals surface area contributed by atoms with Crippen molar-refractivity contribution in [3.8, 4) is 22.3 Å². The Balaban J connectivity index is 2.09. The van der Waals surface area contributed by atoms with Gasteiger partial charge in [-0.15, -0.1) is 0 Å². The molecule has 0 fully saturated rings. The predicted molar refractivity (Wildman–Crippen MR) is 110 cm³/mol. The number of carboxylic acids is 2. The lowest BCUT2D eigenvalue weighted by Crippen LogP contribution is -1.98. The molecule has 4 heteroatoms. The van der Waals surface area contributed by atoms with E-state index in [-0.39, 0.29) is 11.1 Å². The van der Waals surface area contributed by atoms with Crippen LogP contribution in [0.25, 0.3) is 22.3 Å². The molecule has 4 nitrogen and oxygen atoms in total. The third-order valence-electron chi connectivity index (χ3n) is 4.98. The minimum Gasteiger partial charge on any atom is -0.478 e. The molecule has 0 bridgehead atoms. The molecule has 0 aliphatic rings. The van der Waals surface area contributed by atoms with Crippen LogP contribution in [0.2, 0.25) is 0 Å². The number of hydrogen-bond donors (Lipinski definition) is 2. The number of carboxylic acid groups (broad SMARTS) is 2. The quantitative estimate of drug-likeness (QED) is 0.594. The van der Waals surface area contributed by atoms with Crippen LogP contribution in [0.3, 0.4) is 0 Å². The summed E-state index contributed by atoms with van der Waals surface area (Å²) in [5.74, 6) is -1.87. The highest BCUT2D eigenvalue weighted by molar-refractivity contribution is 5.89. The molecule has 0 atom stereocenters. The van der Waals surface area contributed by atoms with Gasteiger partial charge < -0.3 is 10.2 Å². The first-order valence-electron chi connectivity index (χ1n) is 9.27. The normalized spacial score (nSPS) is 10.6. The Hall–Kier alpha value is -3.40. The minimum absolute atomic E-state index is 0.271. The maximum absolute atomic E-state index is 11.1. The SMILES string of the molecule is CCc1cc(-c2ccc(C(=O)O)cc2)c(CC)cc1-c1ccc(C(=O)O)cc1. The maximum Gasteiger partial charge on any atom is 0.335 e. The van der Waals surface area contributed by atoms with Crippen LogP contribution >= 0.6 is 0 Å². The Labute approximate surface area is 164 Å². The zero-order chi connectivity index (χ0) is 20.3. The zero-order valence-corrected chi connectivity index (χ0v) is 15.9. The highest BCUT2D eigenvalue weighted by atomic mass is 16.4. The topological polar surface area (TPSA) is 74.6 Å². The van der Waals surface area contributed by atoms with E-state index in [1.54, 1.807) is 24.3 Å². The van der Waals surface area contributed by atoms with Crippen LogP contribution in [0.1, 0.15) is 45.7 Å². The minimum atomic E-state index is -0.934. The van der Waals surface area contributed by atoms with Crippen LogP contribution in [0.5, 0.6) is 0 Å².